The first-order valence-electron chi connectivity index (χ1n) is 7.05. The van der Waals surface area contributed by atoms with Gasteiger partial charge in [0.1, 0.15) is 0 Å². The average molecular weight is 301 g/mol. The number of nitrogens with zero attached hydrogens (tertiary/aromatic N) is 1. The van der Waals surface area contributed by atoms with Crippen LogP contribution in [0.15, 0.2) is 48.5 Å². The molecule has 2 aromatic carbocycles. The zero-order chi connectivity index (χ0) is 14.8. The molecule has 0 saturated heterocycles. The van der Waals surface area contributed by atoms with Crippen molar-refractivity contribution in [1.82, 2.24) is 0 Å². The number of para-hydroxylation sites is 2. The van der Waals surface area contributed by atoms with E-state index in [0.717, 1.165) is 17.8 Å². The predicted octanol–water partition coefficient (Wildman–Crippen LogP) is 3.73. The lowest BCUT2D eigenvalue weighted by atomic mass is 10.1. The summed E-state index contributed by atoms with van der Waals surface area (Å²) in [5.41, 5.74) is 3.04. The van der Waals surface area contributed by atoms with Crippen molar-refractivity contribution in [2.75, 3.05) is 16.8 Å². The number of rotatable bonds is 3. The van der Waals surface area contributed by atoms with Crippen LogP contribution in [0.4, 0.5) is 11.4 Å². The summed E-state index contributed by atoms with van der Waals surface area (Å²) in [7, 11) is 0. The van der Waals surface area contributed by atoms with Gasteiger partial charge in [-0.25, -0.2) is 0 Å². The van der Waals surface area contributed by atoms with Crippen LogP contribution in [0.25, 0.3) is 0 Å². The van der Waals surface area contributed by atoms with E-state index in [4.69, 9.17) is 11.6 Å². The van der Waals surface area contributed by atoms with E-state index in [9.17, 15) is 4.79 Å². The van der Waals surface area contributed by atoms with Crippen LogP contribution in [0.5, 0.6) is 0 Å². The number of hydrogen-bond donors (Lipinski definition) is 1. The van der Waals surface area contributed by atoms with Crippen molar-refractivity contribution in [3.8, 4) is 0 Å². The van der Waals surface area contributed by atoms with Crippen molar-refractivity contribution in [3.63, 3.8) is 0 Å². The number of benzene rings is 2. The van der Waals surface area contributed by atoms with Gasteiger partial charge in [-0.15, -0.1) is 0 Å². The number of hydrogen-bond acceptors (Lipinski definition) is 2. The van der Waals surface area contributed by atoms with Gasteiger partial charge in [-0.1, -0.05) is 41.9 Å². The van der Waals surface area contributed by atoms with E-state index in [1.165, 1.54) is 5.56 Å². The minimum absolute atomic E-state index is 0.0624. The molecule has 1 heterocycles. The first-order valence-corrected chi connectivity index (χ1v) is 7.43. The topological polar surface area (TPSA) is 32.3 Å². The number of halogens is 1. The number of fused-ring (bicyclic) bond motifs is 1. The van der Waals surface area contributed by atoms with Crippen molar-refractivity contribution in [2.45, 2.75) is 19.4 Å². The Balaban J connectivity index is 1.73. The molecule has 1 N–H and O–H groups in total. The third kappa shape index (κ3) is 2.74. The van der Waals surface area contributed by atoms with E-state index >= 15 is 0 Å². The normalized spacial score (nSPS) is 16.7. The summed E-state index contributed by atoms with van der Waals surface area (Å²) in [5.74, 6) is 0.0624. The summed E-state index contributed by atoms with van der Waals surface area (Å²) >= 11 is 6.09. The molecule has 3 nitrogen and oxygen atoms in total. The number of carbonyl (C=O) groups is 1. The van der Waals surface area contributed by atoms with Crippen molar-refractivity contribution in [1.29, 1.82) is 0 Å². The summed E-state index contributed by atoms with van der Waals surface area (Å²) in [6.07, 6.45) is 0.911. The number of anilines is 2. The predicted molar refractivity (Wildman–Crippen MR) is 87.0 cm³/mol. The van der Waals surface area contributed by atoms with E-state index in [1.807, 2.05) is 47.4 Å². The molecule has 1 aliphatic rings. The summed E-state index contributed by atoms with van der Waals surface area (Å²) in [6.45, 7) is 2.32. The Morgan fingerprint density at radius 1 is 1.24 bits per heavy atom. The zero-order valence-corrected chi connectivity index (χ0v) is 12.6. The fraction of sp³-hybridized carbons (Fsp3) is 0.235. The van der Waals surface area contributed by atoms with Gasteiger partial charge in [0.05, 0.1) is 17.3 Å². The van der Waals surface area contributed by atoms with Crippen molar-refractivity contribution >= 4 is 28.9 Å². The quantitative estimate of drug-likeness (QED) is 0.937. The van der Waals surface area contributed by atoms with E-state index < -0.39 is 0 Å². The van der Waals surface area contributed by atoms with Crippen molar-refractivity contribution in [2.24, 2.45) is 0 Å². The van der Waals surface area contributed by atoms with Gasteiger partial charge in [0.2, 0.25) is 5.91 Å². The molecule has 0 saturated carbocycles. The molecule has 0 spiro atoms. The first-order chi connectivity index (χ1) is 10.2. The fourth-order valence-electron chi connectivity index (χ4n) is 2.81. The molecule has 21 heavy (non-hydrogen) atoms. The highest BCUT2D eigenvalue weighted by Crippen LogP contribution is 2.31. The Hall–Kier alpha value is -2.00. The van der Waals surface area contributed by atoms with Crippen LogP contribution in [-0.2, 0) is 11.2 Å². The molecule has 1 aliphatic heterocycles. The van der Waals surface area contributed by atoms with Crippen LogP contribution >= 0.6 is 11.6 Å². The third-order valence-electron chi connectivity index (χ3n) is 3.78. The third-order valence-corrected chi connectivity index (χ3v) is 4.11. The molecule has 3 rings (SSSR count). The summed E-state index contributed by atoms with van der Waals surface area (Å²) in [4.78, 5) is 14.4. The summed E-state index contributed by atoms with van der Waals surface area (Å²) < 4.78 is 0. The first kappa shape index (κ1) is 14.0. The second-order valence-electron chi connectivity index (χ2n) is 5.28. The molecule has 0 aromatic heterocycles. The smallest absolute Gasteiger partial charge is 0.246 e. The highest BCUT2D eigenvalue weighted by molar-refractivity contribution is 6.33. The highest BCUT2D eigenvalue weighted by atomic mass is 35.5. The maximum absolute atomic E-state index is 12.5. The van der Waals surface area contributed by atoms with Gasteiger partial charge in [0.15, 0.2) is 0 Å². The molecule has 1 amide bonds. The molecule has 108 valence electrons. The number of amides is 1. The van der Waals surface area contributed by atoms with Gasteiger partial charge in [-0.05, 0) is 37.1 Å². The van der Waals surface area contributed by atoms with Crippen LogP contribution in [0.3, 0.4) is 0 Å². The van der Waals surface area contributed by atoms with Gasteiger partial charge in [-0.3, -0.25) is 4.79 Å². The Morgan fingerprint density at radius 3 is 2.76 bits per heavy atom. The molecule has 0 fully saturated rings. The maximum atomic E-state index is 12.5. The largest absolute Gasteiger partial charge is 0.375 e. The van der Waals surface area contributed by atoms with E-state index in [2.05, 4.69) is 18.3 Å². The van der Waals surface area contributed by atoms with Crippen LogP contribution in [0.2, 0.25) is 5.02 Å². The standard InChI is InChI=1S/C17H17ClN2O/c1-12-10-13-6-2-5-9-16(13)20(12)17(21)11-19-15-8-4-3-7-14(15)18/h2-9,12,19H,10-11H2,1H3. The maximum Gasteiger partial charge on any atom is 0.246 e. The highest BCUT2D eigenvalue weighted by Gasteiger charge is 2.30. The Kier molecular flexibility index (Phi) is 3.84. The average Bonchev–Trinajstić information content (AvgIpc) is 2.82. The van der Waals surface area contributed by atoms with Crippen LogP contribution < -0.4 is 10.2 Å². The van der Waals surface area contributed by atoms with Crippen LogP contribution in [0.1, 0.15) is 12.5 Å². The second kappa shape index (κ2) is 5.78. The lowest BCUT2D eigenvalue weighted by molar-refractivity contribution is -0.117. The summed E-state index contributed by atoms with van der Waals surface area (Å²) in [6, 6.07) is 15.7. The molecular formula is C17H17ClN2O. The van der Waals surface area contributed by atoms with Gasteiger partial charge in [0, 0.05) is 11.7 Å². The molecule has 1 atom stereocenters. The van der Waals surface area contributed by atoms with Gasteiger partial charge >= 0.3 is 0 Å². The molecular weight excluding hydrogens is 284 g/mol. The van der Waals surface area contributed by atoms with Crippen LogP contribution in [0, 0.1) is 0 Å². The fourth-order valence-corrected chi connectivity index (χ4v) is 3.01. The molecule has 0 radical (unpaired) electrons. The van der Waals surface area contributed by atoms with E-state index in [0.29, 0.717) is 5.02 Å². The Labute approximate surface area is 129 Å². The van der Waals surface area contributed by atoms with Gasteiger partial charge in [-0.2, -0.15) is 0 Å². The molecule has 4 heteroatoms. The minimum Gasteiger partial charge on any atom is -0.375 e. The molecule has 0 bridgehead atoms. The molecule has 2 aromatic rings. The molecule has 1 unspecified atom stereocenters. The SMILES string of the molecule is CC1Cc2ccccc2N1C(=O)CNc1ccccc1Cl. The number of nitrogens with one attached hydrogen (secondary N) is 1. The zero-order valence-electron chi connectivity index (χ0n) is 11.8. The van der Waals surface area contributed by atoms with Gasteiger partial charge in [0.25, 0.3) is 0 Å². The lowest BCUT2D eigenvalue weighted by Gasteiger charge is -2.23. The summed E-state index contributed by atoms with van der Waals surface area (Å²) in [5, 5.41) is 3.74. The second-order valence-corrected chi connectivity index (χ2v) is 5.69. The molecule has 0 aliphatic carbocycles. The number of carbonyl (C=O) groups excluding carboxylic acids is 1. The van der Waals surface area contributed by atoms with Crippen molar-refractivity contribution in [3.05, 3.63) is 59.1 Å². The van der Waals surface area contributed by atoms with Crippen molar-refractivity contribution < 1.29 is 4.79 Å². The Bertz CT molecular complexity index is 671. The minimum atomic E-state index is 0.0624. The Morgan fingerprint density at radius 2 is 1.95 bits per heavy atom. The van der Waals surface area contributed by atoms with E-state index in [-0.39, 0.29) is 18.5 Å². The van der Waals surface area contributed by atoms with Gasteiger partial charge < -0.3 is 10.2 Å². The lowest BCUT2D eigenvalue weighted by Crippen LogP contribution is -2.39. The van der Waals surface area contributed by atoms with Crippen LogP contribution in [-0.4, -0.2) is 18.5 Å². The van der Waals surface area contributed by atoms with E-state index in [1.54, 1.807) is 0 Å². The monoisotopic (exact) mass is 300 g/mol.